The van der Waals surface area contributed by atoms with Crippen molar-refractivity contribution in [3.8, 4) is 0 Å². The lowest BCUT2D eigenvalue weighted by molar-refractivity contribution is 0.164. The quantitative estimate of drug-likeness (QED) is 0.823. The highest BCUT2D eigenvalue weighted by molar-refractivity contribution is 7.15. The van der Waals surface area contributed by atoms with E-state index in [4.69, 9.17) is 11.6 Å². The van der Waals surface area contributed by atoms with Crippen molar-refractivity contribution < 1.29 is 5.11 Å². The summed E-state index contributed by atoms with van der Waals surface area (Å²) in [6.07, 6.45) is 2.01. The van der Waals surface area contributed by atoms with Gasteiger partial charge in [-0.3, -0.25) is 0 Å². The number of aromatic nitrogens is 2. The second-order valence-electron chi connectivity index (χ2n) is 4.58. The number of hydrogen-bond acceptors (Lipinski definition) is 5. The van der Waals surface area contributed by atoms with Crippen molar-refractivity contribution in [3.05, 3.63) is 39.9 Å². The predicted molar refractivity (Wildman–Crippen MR) is 83.6 cm³/mol. The van der Waals surface area contributed by atoms with Crippen molar-refractivity contribution in [2.24, 2.45) is 0 Å². The van der Waals surface area contributed by atoms with Crippen LogP contribution in [0.1, 0.15) is 30.3 Å². The van der Waals surface area contributed by atoms with E-state index in [-0.39, 0.29) is 6.10 Å². The molecule has 0 aliphatic carbocycles. The molecule has 0 saturated heterocycles. The van der Waals surface area contributed by atoms with Gasteiger partial charge in [0.2, 0.25) is 5.13 Å². The molecule has 0 spiro atoms. The number of aliphatic hydroxyl groups excluding tert-OH is 1. The van der Waals surface area contributed by atoms with E-state index in [0.29, 0.717) is 6.54 Å². The first-order chi connectivity index (χ1) is 9.67. The standard InChI is InChI=1S/C14H18ClN3OS/c1-2-12(19)7-8-16-14-18-17-13(20-14)9-10-3-5-11(15)6-4-10/h3-6,12,19H,2,7-9H2,1H3,(H,16,18). The van der Waals surface area contributed by atoms with E-state index in [9.17, 15) is 5.11 Å². The lowest BCUT2D eigenvalue weighted by Crippen LogP contribution is -2.12. The molecule has 1 heterocycles. The van der Waals surface area contributed by atoms with Crippen molar-refractivity contribution in [2.75, 3.05) is 11.9 Å². The second-order valence-corrected chi connectivity index (χ2v) is 6.08. The van der Waals surface area contributed by atoms with E-state index in [2.05, 4.69) is 15.5 Å². The largest absolute Gasteiger partial charge is 0.393 e. The molecule has 2 N–H and O–H groups in total. The number of hydrogen-bond donors (Lipinski definition) is 2. The zero-order chi connectivity index (χ0) is 14.4. The molecule has 2 rings (SSSR count). The highest BCUT2D eigenvalue weighted by Gasteiger charge is 2.06. The average Bonchev–Trinajstić information content (AvgIpc) is 2.89. The molecule has 0 aliphatic rings. The summed E-state index contributed by atoms with van der Waals surface area (Å²) < 4.78 is 0. The summed E-state index contributed by atoms with van der Waals surface area (Å²) in [5, 5.41) is 23.4. The van der Waals surface area contributed by atoms with Crippen LogP contribution in [0.2, 0.25) is 5.02 Å². The highest BCUT2D eigenvalue weighted by atomic mass is 35.5. The topological polar surface area (TPSA) is 58.0 Å². The first kappa shape index (κ1) is 15.2. The van der Waals surface area contributed by atoms with Gasteiger partial charge in [0, 0.05) is 18.0 Å². The zero-order valence-corrected chi connectivity index (χ0v) is 12.9. The van der Waals surface area contributed by atoms with Gasteiger partial charge in [0.05, 0.1) is 6.10 Å². The smallest absolute Gasteiger partial charge is 0.205 e. The summed E-state index contributed by atoms with van der Waals surface area (Å²) in [4.78, 5) is 0. The Bertz CT molecular complexity index is 529. The molecule has 2 aromatic rings. The first-order valence-corrected chi connectivity index (χ1v) is 7.85. The molecule has 0 aliphatic heterocycles. The molecule has 20 heavy (non-hydrogen) atoms. The van der Waals surface area contributed by atoms with Gasteiger partial charge in [-0.15, -0.1) is 10.2 Å². The summed E-state index contributed by atoms with van der Waals surface area (Å²) in [7, 11) is 0. The number of anilines is 1. The van der Waals surface area contributed by atoms with E-state index in [0.717, 1.165) is 34.4 Å². The summed E-state index contributed by atoms with van der Waals surface area (Å²) >= 11 is 7.40. The molecule has 1 unspecified atom stereocenters. The molecule has 1 aromatic carbocycles. The van der Waals surface area contributed by atoms with Crippen molar-refractivity contribution in [2.45, 2.75) is 32.3 Å². The van der Waals surface area contributed by atoms with Crippen molar-refractivity contribution >= 4 is 28.1 Å². The minimum absolute atomic E-state index is 0.246. The molecule has 1 aromatic heterocycles. The summed E-state index contributed by atoms with van der Waals surface area (Å²) in [6, 6.07) is 7.75. The molecule has 0 radical (unpaired) electrons. The molecule has 1 atom stereocenters. The fraction of sp³-hybridized carbons (Fsp3) is 0.429. The Hall–Kier alpha value is -1.17. The second kappa shape index (κ2) is 7.57. The van der Waals surface area contributed by atoms with Crippen LogP contribution in [0.4, 0.5) is 5.13 Å². The van der Waals surface area contributed by atoms with Gasteiger partial charge < -0.3 is 10.4 Å². The maximum atomic E-state index is 9.47. The van der Waals surface area contributed by atoms with Crippen LogP contribution in [0.5, 0.6) is 0 Å². The van der Waals surface area contributed by atoms with Crippen LogP contribution in [0.15, 0.2) is 24.3 Å². The van der Waals surface area contributed by atoms with Crippen LogP contribution in [-0.2, 0) is 6.42 Å². The molecule has 4 nitrogen and oxygen atoms in total. The van der Waals surface area contributed by atoms with Gasteiger partial charge in [0.1, 0.15) is 5.01 Å². The molecular weight excluding hydrogens is 294 g/mol. The van der Waals surface area contributed by atoms with Gasteiger partial charge in [-0.2, -0.15) is 0 Å². The number of rotatable bonds is 7. The van der Waals surface area contributed by atoms with Gasteiger partial charge in [0.15, 0.2) is 0 Å². The van der Waals surface area contributed by atoms with Crippen LogP contribution >= 0.6 is 22.9 Å². The van der Waals surface area contributed by atoms with Gasteiger partial charge >= 0.3 is 0 Å². The van der Waals surface area contributed by atoms with Crippen molar-refractivity contribution in [1.82, 2.24) is 10.2 Å². The van der Waals surface area contributed by atoms with E-state index in [1.165, 1.54) is 5.56 Å². The van der Waals surface area contributed by atoms with Gasteiger partial charge in [-0.05, 0) is 30.5 Å². The highest BCUT2D eigenvalue weighted by Crippen LogP contribution is 2.19. The van der Waals surface area contributed by atoms with Gasteiger partial charge in [-0.1, -0.05) is 42.0 Å². The Morgan fingerprint density at radius 1 is 1.30 bits per heavy atom. The van der Waals surface area contributed by atoms with Gasteiger partial charge in [0.25, 0.3) is 0 Å². The summed E-state index contributed by atoms with van der Waals surface area (Å²) in [5.74, 6) is 0. The molecule has 0 fully saturated rings. The molecule has 0 amide bonds. The van der Waals surface area contributed by atoms with Crippen LogP contribution in [0, 0.1) is 0 Å². The fourth-order valence-electron chi connectivity index (χ4n) is 1.72. The fourth-order valence-corrected chi connectivity index (χ4v) is 2.65. The van der Waals surface area contributed by atoms with Crippen LogP contribution in [0.25, 0.3) is 0 Å². The summed E-state index contributed by atoms with van der Waals surface area (Å²) in [5.41, 5.74) is 1.17. The number of nitrogens with zero attached hydrogens (tertiary/aromatic N) is 2. The number of aliphatic hydroxyl groups is 1. The van der Waals surface area contributed by atoms with E-state index >= 15 is 0 Å². The van der Waals surface area contributed by atoms with Crippen molar-refractivity contribution in [3.63, 3.8) is 0 Å². The SMILES string of the molecule is CCC(O)CCNc1nnc(Cc2ccc(Cl)cc2)s1. The molecule has 0 saturated carbocycles. The first-order valence-electron chi connectivity index (χ1n) is 6.66. The number of benzene rings is 1. The number of nitrogens with one attached hydrogen (secondary N) is 1. The Kier molecular flexibility index (Phi) is 5.76. The molecular formula is C14H18ClN3OS. The molecule has 0 bridgehead atoms. The van der Waals surface area contributed by atoms with Gasteiger partial charge in [-0.25, -0.2) is 0 Å². The average molecular weight is 312 g/mol. The lowest BCUT2D eigenvalue weighted by atomic mass is 10.2. The molecule has 108 valence electrons. The van der Waals surface area contributed by atoms with Crippen molar-refractivity contribution in [1.29, 1.82) is 0 Å². The maximum Gasteiger partial charge on any atom is 0.205 e. The van der Waals surface area contributed by atoms with E-state index in [1.54, 1.807) is 11.3 Å². The van der Waals surface area contributed by atoms with E-state index < -0.39 is 0 Å². The monoisotopic (exact) mass is 311 g/mol. The Balaban J connectivity index is 1.84. The normalized spacial score (nSPS) is 12.3. The van der Waals surface area contributed by atoms with Crippen LogP contribution in [-0.4, -0.2) is 28.0 Å². The minimum Gasteiger partial charge on any atom is -0.393 e. The minimum atomic E-state index is -0.246. The lowest BCUT2D eigenvalue weighted by Gasteiger charge is -2.06. The Morgan fingerprint density at radius 3 is 2.75 bits per heavy atom. The maximum absolute atomic E-state index is 9.47. The Labute approximate surface area is 127 Å². The van der Waals surface area contributed by atoms with Crippen LogP contribution < -0.4 is 5.32 Å². The Morgan fingerprint density at radius 2 is 2.05 bits per heavy atom. The third-order valence-corrected chi connectivity index (χ3v) is 4.09. The predicted octanol–water partition coefficient (Wildman–Crippen LogP) is 3.36. The van der Waals surface area contributed by atoms with E-state index in [1.807, 2.05) is 31.2 Å². The third kappa shape index (κ3) is 4.74. The zero-order valence-electron chi connectivity index (χ0n) is 11.3. The van der Waals surface area contributed by atoms with Crippen LogP contribution in [0.3, 0.4) is 0 Å². The molecule has 6 heteroatoms. The summed E-state index contributed by atoms with van der Waals surface area (Å²) in [6.45, 7) is 2.68. The third-order valence-electron chi connectivity index (χ3n) is 2.96. The number of halogens is 1.